The van der Waals surface area contributed by atoms with E-state index < -0.39 is 11.7 Å². The second-order valence-electron chi connectivity index (χ2n) is 4.97. The second-order valence-corrected chi connectivity index (χ2v) is 4.97. The molecule has 1 amide bonds. The fraction of sp³-hybridized carbons (Fsp3) is 0.467. The summed E-state index contributed by atoms with van der Waals surface area (Å²) in [5.41, 5.74) is 0.938. The summed E-state index contributed by atoms with van der Waals surface area (Å²) in [6.45, 7) is 6.85. The summed E-state index contributed by atoms with van der Waals surface area (Å²) >= 11 is 0. The van der Waals surface area contributed by atoms with Crippen molar-refractivity contribution in [3.8, 4) is 6.07 Å². The van der Waals surface area contributed by atoms with Crippen molar-refractivity contribution in [3.05, 3.63) is 24.0 Å². The van der Waals surface area contributed by atoms with Crippen molar-refractivity contribution in [2.24, 2.45) is 0 Å². The largest absolute Gasteiger partial charge is 0.369 e. The number of amides is 1. The quantitative estimate of drug-likeness (QED) is 0.919. The fourth-order valence-corrected chi connectivity index (χ4v) is 2.39. The molecule has 21 heavy (non-hydrogen) atoms. The molecule has 1 fully saturated rings. The normalized spacial score (nSPS) is 15.6. The number of nitrogens with one attached hydrogen (secondary N) is 1. The molecule has 1 aliphatic rings. The van der Waals surface area contributed by atoms with Crippen molar-refractivity contribution in [2.75, 3.05) is 42.9 Å². The average molecular weight is 290 g/mol. The lowest BCUT2D eigenvalue weighted by Crippen LogP contribution is -2.46. The lowest BCUT2D eigenvalue weighted by atomic mass is 10.2. The third-order valence-electron chi connectivity index (χ3n) is 3.65. The van der Waals surface area contributed by atoms with Gasteiger partial charge in [0.1, 0.15) is 12.2 Å². The summed E-state index contributed by atoms with van der Waals surface area (Å²) in [6, 6.07) is 6.51. The molecule has 5 nitrogen and oxygen atoms in total. The van der Waals surface area contributed by atoms with E-state index in [1.807, 2.05) is 0 Å². The van der Waals surface area contributed by atoms with Crippen LogP contribution in [0, 0.1) is 17.1 Å². The van der Waals surface area contributed by atoms with Gasteiger partial charge in [-0.1, -0.05) is 6.92 Å². The maximum atomic E-state index is 14.0. The van der Waals surface area contributed by atoms with Crippen molar-refractivity contribution < 1.29 is 9.18 Å². The topological polar surface area (TPSA) is 59.4 Å². The van der Waals surface area contributed by atoms with E-state index in [4.69, 9.17) is 5.26 Å². The smallest absolute Gasteiger partial charge is 0.238 e. The van der Waals surface area contributed by atoms with Crippen LogP contribution in [0.15, 0.2) is 18.2 Å². The summed E-state index contributed by atoms with van der Waals surface area (Å²) in [5.74, 6) is -0.975. The Labute approximate surface area is 123 Å². The molecule has 0 aliphatic carbocycles. The number of carbonyl (C=O) groups excluding carboxylic acids is 1. The highest BCUT2D eigenvalue weighted by atomic mass is 19.1. The first-order valence-corrected chi connectivity index (χ1v) is 7.07. The Morgan fingerprint density at radius 2 is 2.10 bits per heavy atom. The van der Waals surface area contributed by atoms with Crippen molar-refractivity contribution >= 4 is 17.3 Å². The first kappa shape index (κ1) is 15.3. The minimum Gasteiger partial charge on any atom is -0.369 e. The lowest BCUT2D eigenvalue weighted by Gasteiger charge is -2.35. The molecule has 1 heterocycles. The third-order valence-corrected chi connectivity index (χ3v) is 3.65. The van der Waals surface area contributed by atoms with Crippen LogP contribution >= 0.6 is 0 Å². The van der Waals surface area contributed by atoms with E-state index in [-0.39, 0.29) is 12.1 Å². The molecule has 0 spiro atoms. The predicted molar refractivity (Wildman–Crippen MR) is 79.6 cm³/mol. The Bertz CT molecular complexity index is 547. The first-order chi connectivity index (χ1) is 10.1. The third kappa shape index (κ3) is 3.92. The van der Waals surface area contributed by atoms with Gasteiger partial charge in [-0.3, -0.25) is 4.79 Å². The van der Waals surface area contributed by atoms with Crippen LogP contribution in [0.25, 0.3) is 0 Å². The minimum absolute atomic E-state index is 0.117. The highest BCUT2D eigenvalue weighted by Crippen LogP contribution is 2.23. The average Bonchev–Trinajstić information content (AvgIpc) is 2.50. The molecule has 112 valence electrons. The molecule has 1 aromatic rings. The number of nitriles is 1. The van der Waals surface area contributed by atoms with Gasteiger partial charge in [0.15, 0.2) is 0 Å². The number of piperazine rings is 1. The van der Waals surface area contributed by atoms with E-state index in [1.165, 1.54) is 6.07 Å². The van der Waals surface area contributed by atoms with E-state index in [1.54, 1.807) is 18.2 Å². The van der Waals surface area contributed by atoms with E-state index in [9.17, 15) is 9.18 Å². The highest BCUT2D eigenvalue weighted by Gasteiger charge is 2.17. The molecular formula is C15H19FN4O. The molecule has 2 rings (SSSR count). The molecule has 1 aliphatic heterocycles. The standard InChI is InChI=1S/C15H19FN4O/c1-2-19-7-9-20(10-8-19)12-3-4-14(13(16)11-12)18-15(21)5-6-17/h3-4,11H,2,5,7-10H2,1H3,(H,18,21). The van der Waals surface area contributed by atoms with Crippen molar-refractivity contribution in [1.82, 2.24) is 4.90 Å². The van der Waals surface area contributed by atoms with Crippen molar-refractivity contribution in [3.63, 3.8) is 0 Å². The first-order valence-electron chi connectivity index (χ1n) is 7.07. The Morgan fingerprint density at radius 3 is 2.67 bits per heavy atom. The van der Waals surface area contributed by atoms with Gasteiger partial charge in [-0.2, -0.15) is 5.26 Å². The molecule has 0 radical (unpaired) electrons. The van der Waals surface area contributed by atoms with Gasteiger partial charge in [-0.15, -0.1) is 0 Å². The van der Waals surface area contributed by atoms with E-state index in [0.717, 1.165) is 38.4 Å². The van der Waals surface area contributed by atoms with Crippen LogP contribution in [0.2, 0.25) is 0 Å². The summed E-state index contributed by atoms with van der Waals surface area (Å²) in [7, 11) is 0. The van der Waals surface area contributed by atoms with Crippen LogP contribution in [0.3, 0.4) is 0 Å². The molecule has 1 aromatic carbocycles. The van der Waals surface area contributed by atoms with Gasteiger partial charge >= 0.3 is 0 Å². The van der Waals surface area contributed by atoms with Crippen molar-refractivity contribution in [1.29, 1.82) is 5.26 Å². The number of benzene rings is 1. The van der Waals surface area contributed by atoms with Gasteiger partial charge in [-0.25, -0.2) is 4.39 Å². The van der Waals surface area contributed by atoms with Crippen LogP contribution in [-0.2, 0) is 4.79 Å². The van der Waals surface area contributed by atoms with Gasteiger partial charge in [0.05, 0.1) is 11.8 Å². The zero-order valence-electron chi connectivity index (χ0n) is 12.1. The van der Waals surface area contributed by atoms with Gasteiger partial charge in [0.2, 0.25) is 5.91 Å². The molecule has 0 saturated carbocycles. The maximum absolute atomic E-state index is 14.0. The van der Waals surface area contributed by atoms with Crippen molar-refractivity contribution in [2.45, 2.75) is 13.3 Å². The number of hydrogen-bond donors (Lipinski definition) is 1. The maximum Gasteiger partial charge on any atom is 0.238 e. The van der Waals surface area contributed by atoms with Crippen LogP contribution in [0.4, 0.5) is 15.8 Å². The van der Waals surface area contributed by atoms with Crippen LogP contribution in [0.5, 0.6) is 0 Å². The highest BCUT2D eigenvalue weighted by molar-refractivity contribution is 5.92. The number of rotatable bonds is 4. The Hall–Kier alpha value is -2.13. The summed E-state index contributed by atoms with van der Waals surface area (Å²) in [4.78, 5) is 15.8. The fourth-order valence-electron chi connectivity index (χ4n) is 2.39. The second kappa shape index (κ2) is 7.04. The van der Waals surface area contributed by atoms with Gasteiger partial charge in [0, 0.05) is 31.9 Å². The molecule has 1 saturated heterocycles. The summed E-state index contributed by atoms with van der Waals surface area (Å²) in [6.07, 6.45) is -0.278. The zero-order chi connectivity index (χ0) is 15.2. The predicted octanol–water partition coefficient (Wildman–Crippen LogP) is 1.82. The summed E-state index contributed by atoms with van der Waals surface area (Å²) in [5, 5.41) is 10.8. The van der Waals surface area contributed by atoms with Crippen LogP contribution in [-0.4, -0.2) is 43.5 Å². The number of anilines is 2. The SMILES string of the molecule is CCN1CCN(c2ccc(NC(=O)CC#N)c(F)c2)CC1. The molecule has 6 heteroatoms. The monoisotopic (exact) mass is 290 g/mol. The minimum atomic E-state index is -0.499. The Balaban J connectivity index is 2.02. The summed E-state index contributed by atoms with van der Waals surface area (Å²) < 4.78 is 14.0. The lowest BCUT2D eigenvalue weighted by molar-refractivity contribution is -0.115. The van der Waals surface area contributed by atoms with Crippen LogP contribution < -0.4 is 10.2 Å². The molecule has 0 bridgehead atoms. The molecule has 0 unspecified atom stereocenters. The number of nitrogens with zero attached hydrogens (tertiary/aromatic N) is 3. The van der Waals surface area contributed by atoms with Gasteiger partial charge < -0.3 is 15.1 Å². The molecule has 1 N–H and O–H groups in total. The Kier molecular flexibility index (Phi) is 5.12. The number of hydrogen-bond acceptors (Lipinski definition) is 4. The van der Waals surface area contributed by atoms with E-state index in [2.05, 4.69) is 22.0 Å². The van der Waals surface area contributed by atoms with Crippen LogP contribution in [0.1, 0.15) is 13.3 Å². The number of likely N-dealkylation sites (N-methyl/N-ethyl adjacent to an activating group) is 1. The molecule has 0 atom stereocenters. The van der Waals surface area contributed by atoms with E-state index in [0.29, 0.717) is 0 Å². The van der Waals surface area contributed by atoms with Gasteiger partial charge in [0.25, 0.3) is 0 Å². The molecule has 0 aromatic heterocycles. The van der Waals surface area contributed by atoms with Gasteiger partial charge in [-0.05, 0) is 24.7 Å². The zero-order valence-corrected chi connectivity index (χ0v) is 12.1. The number of halogens is 1. The Morgan fingerprint density at radius 1 is 1.38 bits per heavy atom. The van der Waals surface area contributed by atoms with E-state index >= 15 is 0 Å². The number of carbonyl (C=O) groups is 1. The molecular weight excluding hydrogens is 271 g/mol.